The summed E-state index contributed by atoms with van der Waals surface area (Å²) in [5, 5.41) is 5.38. The fourth-order valence-electron chi connectivity index (χ4n) is 5.05. The fourth-order valence-corrected chi connectivity index (χ4v) is 5.05. The topological polar surface area (TPSA) is 51.0 Å². The molecule has 1 spiro atoms. The third kappa shape index (κ3) is 2.10. The van der Waals surface area contributed by atoms with Gasteiger partial charge in [-0.2, -0.15) is 5.10 Å². The molecule has 2 saturated carbocycles. The predicted molar refractivity (Wildman–Crippen MR) is 96.5 cm³/mol. The van der Waals surface area contributed by atoms with Crippen LogP contribution in [0.1, 0.15) is 68.0 Å². The summed E-state index contributed by atoms with van der Waals surface area (Å²) in [6, 6.07) is 2.67. The minimum absolute atomic E-state index is 0.188. The quantitative estimate of drug-likeness (QED) is 0.857. The molecule has 3 fully saturated rings. The number of carbonyl (C=O) groups excluding carboxylic acids is 1. The molecule has 2 aliphatic carbocycles. The second kappa shape index (κ2) is 5.05. The molecule has 2 aromatic heterocycles. The lowest BCUT2D eigenvalue weighted by Gasteiger charge is -2.63. The molecule has 132 valence electrons. The Morgan fingerprint density at radius 3 is 2.68 bits per heavy atom. The summed E-state index contributed by atoms with van der Waals surface area (Å²) in [5.74, 6) is 0.933. The van der Waals surface area contributed by atoms with E-state index >= 15 is 0 Å². The molecule has 3 aliphatic rings. The first-order valence-electron chi connectivity index (χ1n) is 9.66. The van der Waals surface area contributed by atoms with Crippen molar-refractivity contribution in [2.45, 2.75) is 65.0 Å². The third-order valence-electron chi connectivity index (χ3n) is 6.54. The molecule has 25 heavy (non-hydrogen) atoms. The molecule has 2 aromatic rings. The van der Waals surface area contributed by atoms with Crippen molar-refractivity contribution < 1.29 is 4.79 Å². The molecule has 0 aromatic carbocycles. The summed E-state index contributed by atoms with van der Waals surface area (Å²) in [5.41, 5.74) is 2.97. The zero-order valence-corrected chi connectivity index (χ0v) is 15.3. The Hall–Kier alpha value is -1.91. The normalized spacial score (nSPS) is 24.6. The van der Waals surface area contributed by atoms with Crippen LogP contribution in [0.25, 0.3) is 11.0 Å². The van der Waals surface area contributed by atoms with Crippen molar-refractivity contribution in [3.05, 3.63) is 23.5 Å². The summed E-state index contributed by atoms with van der Waals surface area (Å²) in [6.07, 6.45) is 8.38. The molecule has 1 amide bonds. The van der Waals surface area contributed by atoms with Crippen LogP contribution < -0.4 is 0 Å². The summed E-state index contributed by atoms with van der Waals surface area (Å²) in [6.45, 7) is 7.11. The average molecular weight is 338 g/mol. The van der Waals surface area contributed by atoms with E-state index in [1.165, 1.54) is 32.1 Å². The highest BCUT2D eigenvalue weighted by Gasteiger charge is 2.61. The van der Waals surface area contributed by atoms with Crippen molar-refractivity contribution in [3.63, 3.8) is 0 Å². The van der Waals surface area contributed by atoms with Crippen LogP contribution in [0.5, 0.6) is 0 Å². The highest BCUT2D eigenvalue weighted by molar-refractivity contribution is 6.06. The van der Waals surface area contributed by atoms with Crippen molar-refractivity contribution in [3.8, 4) is 0 Å². The van der Waals surface area contributed by atoms with Crippen LogP contribution in [0, 0.1) is 18.3 Å². The van der Waals surface area contributed by atoms with E-state index in [4.69, 9.17) is 0 Å². The molecular formula is C20H26N4O. The van der Waals surface area contributed by atoms with Crippen LogP contribution in [0.3, 0.4) is 0 Å². The molecule has 5 heteroatoms. The van der Waals surface area contributed by atoms with Crippen LogP contribution in [-0.4, -0.2) is 38.2 Å². The maximum absolute atomic E-state index is 13.4. The Kier molecular flexibility index (Phi) is 3.10. The number of amides is 1. The Morgan fingerprint density at radius 1 is 1.32 bits per heavy atom. The smallest absolute Gasteiger partial charge is 0.255 e. The van der Waals surface area contributed by atoms with Crippen molar-refractivity contribution >= 4 is 16.9 Å². The lowest BCUT2D eigenvalue weighted by molar-refractivity contribution is -0.111. The van der Waals surface area contributed by atoms with E-state index in [9.17, 15) is 4.79 Å². The fraction of sp³-hybridized carbons (Fsp3) is 0.650. The van der Waals surface area contributed by atoms with Gasteiger partial charge in [0.05, 0.1) is 17.1 Å². The standard InChI is InChI=1S/C20H26N4O/c1-12(2)24-18-16(10-21-24)15(9-13(3)22-18)19(25)23-11-20(7-4-8-20)17(23)14-5-6-14/h9-10,12,14,17H,4-8,11H2,1-3H3. The molecule has 0 N–H and O–H groups in total. The molecule has 0 radical (unpaired) electrons. The molecule has 0 bridgehead atoms. The van der Waals surface area contributed by atoms with Gasteiger partial charge in [-0.3, -0.25) is 4.79 Å². The zero-order chi connectivity index (χ0) is 17.3. The monoisotopic (exact) mass is 338 g/mol. The number of likely N-dealkylation sites (tertiary alicyclic amines) is 1. The van der Waals surface area contributed by atoms with Gasteiger partial charge >= 0.3 is 0 Å². The second-order valence-electron chi connectivity index (χ2n) is 8.66. The summed E-state index contributed by atoms with van der Waals surface area (Å²) in [4.78, 5) is 20.2. The first kappa shape index (κ1) is 15.4. The van der Waals surface area contributed by atoms with Crippen LogP contribution in [-0.2, 0) is 0 Å². The lowest BCUT2D eigenvalue weighted by Crippen LogP contribution is -2.69. The molecular weight excluding hydrogens is 312 g/mol. The Labute approximate surface area is 148 Å². The van der Waals surface area contributed by atoms with E-state index in [1.54, 1.807) is 0 Å². The molecule has 3 heterocycles. The van der Waals surface area contributed by atoms with E-state index in [-0.39, 0.29) is 11.9 Å². The lowest BCUT2D eigenvalue weighted by atomic mass is 9.56. The highest BCUT2D eigenvalue weighted by atomic mass is 16.2. The van der Waals surface area contributed by atoms with E-state index in [1.807, 2.05) is 23.9 Å². The first-order valence-corrected chi connectivity index (χ1v) is 9.66. The number of fused-ring (bicyclic) bond motifs is 1. The third-order valence-corrected chi connectivity index (χ3v) is 6.54. The van der Waals surface area contributed by atoms with Gasteiger partial charge in [-0.15, -0.1) is 0 Å². The van der Waals surface area contributed by atoms with Gasteiger partial charge in [0.1, 0.15) is 0 Å². The van der Waals surface area contributed by atoms with Gasteiger partial charge in [-0.1, -0.05) is 6.42 Å². The van der Waals surface area contributed by atoms with Crippen LogP contribution in [0.4, 0.5) is 0 Å². The molecule has 5 rings (SSSR count). The van der Waals surface area contributed by atoms with Gasteiger partial charge in [0.2, 0.25) is 0 Å². The molecule has 1 saturated heterocycles. The zero-order valence-electron chi connectivity index (χ0n) is 15.3. The van der Waals surface area contributed by atoms with Crippen molar-refractivity contribution in [2.75, 3.05) is 6.54 Å². The maximum atomic E-state index is 13.4. The molecule has 1 atom stereocenters. The number of aryl methyl sites for hydroxylation is 1. The second-order valence-corrected chi connectivity index (χ2v) is 8.66. The van der Waals surface area contributed by atoms with Crippen molar-refractivity contribution in [2.24, 2.45) is 11.3 Å². The number of hydrogen-bond donors (Lipinski definition) is 0. The van der Waals surface area contributed by atoms with E-state index < -0.39 is 0 Å². The minimum atomic E-state index is 0.188. The number of carbonyl (C=O) groups is 1. The average Bonchev–Trinajstić information content (AvgIpc) is 3.21. The number of nitrogens with zero attached hydrogens (tertiary/aromatic N) is 4. The van der Waals surface area contributed by atoms with Crippen LogP contribution in [0.15, 0.2) is 12.3 Å². The molecule has 5 nitrogen and oxygen atoms in total. The van der Waals surface area contributed by atoms with Crippen LogP contribution in [0.2, 0.25) is 0 Å². The van der Waals surface area contributed by atoms with Gasteiger partial charge < -0.3 is 4.90 Å². The van der Waals surface area contributed by atoms with Crippen molar-refractivity contribution in [1.82, 2.24) is 19.7 Å². The highest BCUT2D eigenvalue weighted by Crippen LogP contribution is 2.60. The van der Waals surface area contributed by atoms with E-state index in [0.29, 0.717) is 11.5 Å². The van der Waals surface area contributed by atoms with Gasteiger partial charge in [-0.05, 0) is 58.4 Å². The van der Waals surface area contributed by atoms with E-state index in [0.717, 1.165) is 34.8 Å². The number of rotatable bonds is 3. The van der Waals surface area contributed by atoms with Gasteiger partial charge in [0, 0.05) is 29.7 Å². The number of pyridine rings is 1. The SMILES string of the molecule is Cc1cc(C(=O)N2CC3(CCC3)C2C2CC2)c2cnn(C(C)C)c2n1. The largest absolute Gasteiger partial charge is 0.334 e. The molecule has 1 unspecified atom stereocenters. The predicted octanol–water partition coefficient (Wildman–Crippen LogP) is 3.73. The Balaban J connectivity index is 1.54. The van der Waals surface area contributed by atoms with Gasteiger partial charge in [0.25, 0.3) is 5.91 Å². The summed E-state index contributed by atoms with van der Waals surface area (Å²) < 4.78 is 1.92. The number of hydrogen-bond acceptors (Lipinski definition) is 3. The minimum Gasteiger partial charge on any atom is -0.334 e. The van der Waals surface area contributed by atoms with E-state index in [2.05, 4.69) is 28.8 Å². The Bertz CT molecular complexity index is 860. The first-order chi connectivity index (χ1) is 12.0. The number of aromatic nitrogens is 3. The molecule has 1 aliphatic heterocycles. The summed E-state index contributed by atoms with van der Waals surface area (Å²) in [7, 11) is 0. The Morgan fingerprint density at radius 2 is 2.08 bits per heavy atom. The summed E-state index contributed by atoms with van der Waals surface area (Å²) >= 11 is 0. The van der Waals surface area contributed by atoms with Gasteiger partial charge in [0.15, 0.2) is 5.65 Å². The van der Waals surface area contributed by atoms with Crippen molar-refractivity contribution in [1.29, 1.82) is 0 Å². The van der Waals surface area contributed by atoms with Gasteiger partial charge in [-0.25, -0.2) is 9.67 Å². The maximum Gasteiger partial charge on any atom is 0.255 e. The van der Waals surface area contributed by atoms with Crippen LogP contribution >= 0.6 is 0 Å².